The van der Waals surface area contributed by atoms with Crippen molar-refractivity contribution in [3.8, 4) is 23.1 Å². The fourth-order valence-electron chi connectivity index (χ4n) is 2.12. The Kier molecular flexibility index (Phi) is 3.50. The van der Waals surface area contributed by atoms with E-state index in [2.05, 4.69) is 6.07 Å². The summed E-state index contributed by atoms with van der Waals surface area (Å²) in [7, 11) is 3.24. The number of rotatable bonds is 2. The second-order valence-electron chi connectivity index (χ2n) is 4.21. The van der Waals surface area contributed by atoms with E-state index in [0.29, 0.717) is 22.6 Å². The standard InChI is InChI=1S/C14H12ClFN2O/c1-8-9(6-17)7-18(2)14(8)10-4-13(19-3)11(15)5-12(10)16/h4-5,7H,1-3H3. The highest BCUT2D eigenvalue weighted by atomic mass is 35.5. The second kappa shape index (κ2) is 4.94. The monoisotopic (exact) mass is 278 g/mol. The quantitative estimate of drug-likeness (QED) is 0.840. The molecule has 98 valence electrons. The van der Waals surface area contributed by atoms with Crippen LogP contribution in [0, 0.1) is 24.1 Å². The Bertz CT molecular complexity index is 686. The van der Waals surface area contributed by atoms with Gasteiger partial charge in [0.15, 0.2) is 0 Å². The van der Waals surface area contributed by atoms with E-state index < -0.39 is 5.82 Å². The highest BCUT2D eigenvalue weighted by molar-refractivity contribution is 6.32. The molecule has 0 saturated heterocycles. The van der Waals surface area contributed by atoms with Crippen molar-refractivity contribution in [1.29, 1.82) is 5.26 Å². The van der Waals surface area contributed by atoms with Crippen LogP contribution in [0.4, 0.5) is 4.39 Å². The lowest BCUT2D eigenvalue weighted by Crippen LogP contribution is -1.96. The molecule has 0 saturated carbocycles. The molecule has 1 heterocycles. The van der Waals surface area contributed by atoms with Crippen molar-refractivity contribution < 1.29 is 9.13 Å². The molecule has 5 heteroatoms. The largest absolute Gasteiger partial charge is 0.495 e. The molecule has 0 spiro atoms. The molecule has 0 aliphatic carbocycles. The van der Waals surface area contributed by atoms with Gasteiger partial charge < -0.3 is 9.30 Å². The van der Waals surface area contributed by atoms with E-state index in [9.17, 15) is 4.39 Å². The molecule has 3 nitrogen and oxygen atoms in total. The smallest absolute Gasteiger partial charge is 0.138 e. The molecule has 0 fully saturated rings. The molecule has 1 aromatic carbocycles. The number of hydrogen-bond donors (Lipinski definition) is 0. The highest BCUT2D eigenvalue weighted by Gasteiger charge is 2.17. The number of aromatic nitrogens is 1. The molecule has 0 bridgehead atoms. The summed E-state index contributed by atoms with van der Waals surface area (Å²) in [6.07, 6.45) is 1.67. The minimum Gasteiger partial charge on any atom is -0.495 e. The van der Waals surface area contributed by atoms with Crippen LogP contribution in [-0.4, -0.2) is 11.7 Å². The van der Waals surface area contributed by atoms with E-state index in [1.807, 2.05) is 0 Å². The third-order valence-electron chi connectivity index (χ3n) is 3.05. The molecule has 0 amide bonds. The average Bonchev–Trinajstić information content (AvgIpc) is 2.65. The zero-order valence-corrected chi connectivity index (χ0v) is 11.5. The van der Waals surface area contributed by atoms with Gasteiger partial charge in [-0.2, -0.15) is 5.26 Å². The van der Waals surface area contributed by atoms with Gasteiger partial charge in [-0.3, -0.25) is 0 Å². The van der Waals surface area contributed by atoms with Gasteiger partial charge in [0.05, 0.1) is 23.4 Å². The first kappa shape index (κ1) is 13.4. The van der Waals surface area contributed by atoms with Crippen LogP contribution in [-0.2, 0) is 7.05 Å². The lowest BCUT2D eigenvalue weighted by Gasteiger charge is -2.10. The van der Waals surface area contributed by atoms with Crippen molar-refractivity contribution in [1.82, 2.24) is 4.57 Å². The van der Waals surface area contributed by atoms with E-state index in [0.717, 1.165) is 5.56 Å². The number of methoxy groups -OCH3 is 1. The van der Waals surface area contributed by atoms with Crippen LogP contribution in [0.2, 0.25) is 5.02 Å². The van der Waals surface area contributed by atoms with E-state index in [4.69, 9.17) is 21.6 Å². The van der Waals surface area contributed by atoms with Crippen molar-refractivity contribution in [3.63, 3.8) is 0 Å². The second-order valence-corrected chi connectivity index (χ2v) is 4.61. The van der Waals surface area contributed by atoms with Gasteiger partial charge in [0.1, 0.15) is 17.6 Å². The number of nitrogens with zero attached hydrogens (tertiary/aromatic N) is 2. The Labute approximate surface area is 115 Å². The molecule has 0 aliphatic heterocycles. The van der Waals surface area contributed by atoms with Gasteiger partial charge in [0.2, 0.25) is 0 Å². The predicted octanol–water partition coefficient (Wildman–Crippen LogP) is 3.67. The van der Waals surface area contributed by atoms with Crippen molar-refractivity contribution in [2.45, 2.75) is 6.92 Å². The summed E-state index contributed by atoms with van der Waals surface area (Å²) in [6, 6.07) is 4.84. The van der Waals surface area contributed by atoms with Crippen LogP contribution in [0.5, 0.6) is 5.75 Å². The first-order valence-electron chi connectivity index (χ1n) is 5.59. The summed E-state index contributed by atoms with van der Waals surface area (Å²) < 4.78 is 20.9. The lowest BCUT2D eigenvalue weighted by atomic mass is 10.1. The number of ether oxygens (including phenoxy) is 1. The molecule has 0 radical (unpaired) electrons. The Morgan fingerprint density at radius 1 is 1.42 bits per heavy atom. The van der Waals surface area contributed by atoms with Gasteiger partial charge in [0, 0.05) is 18.8 Å². The van der Waals surface area contributed by atoms with Crippen LogP contribution in [0.1, 0.15) is 11.1 Å². The summed E-state index contributed by atoms with van der Waals surface area (Å²) >= 11 is 5.88. The van der Waals surface area contributed by atoms with Crippen LogP contribution >= 0.6 is 11.6 Å². The molecule has 0 atom stereocenters. The number of halogens is 2. The minimum atomic E-state index is -0.445. The molecule has 0 unspecified atom stereocenters. The van der Waals surface area contributed by atoms with E-state index in [1.54, 1.807) is 30.8 Å². The van der Waals surface area contributed by atoms with Gasteiger partial charge in [0.25, 0.3) is 0 Å². The summed E-state index contributed by atoms with van der Waals surface area (Å²) in [5.74, 6) is -0.0447. The van der Waals surface area contributed by atoms with E-state index >= 15 is 0 Å². The summed E-state index contributed by atoms with van der Waals surface area (Å²) in [4.78, 5) is 0. The van der Waals surface area contributed by atoms with Crippen LogP contribution < -0.4 is 4.74 Å². The topological polar surface area (TPSA) is 37.9 Å². The first-order valence-corrected chi connectivity index (χ1v) is 5.96. The zero-order chi connectivity index (χ0) is 14.2. The van der Waals surface area contributed by atoms with Gasteiger partial charge in [-0.15, -0.1) is 0 Å². The van der Waals surface area contributed by atoms with Crippen LogP contribution in [0.25, 0.3) is 11.3 Å². The zero-order valence-electron chi connectivity index (χ0n) is 10.8. The third kappa shape index (κ3) is 2.18. The number of hydrogen-bond acceptors (Lipinski definition) is 2. The highest BCUT2D eigenvalue weighted by Crippen LogP contribution is 2.35. The Balaban J connectivity index is 2.73. The molecular formula is C14H12ClFN2O. The Morgan fingerprint density at radius 3 is 2.63 bits per heavy atom. The van der Waals surface area contributed by atoms with Gasteiger partial charge in [-0.05, 0) is 24.6 Å². The molecule has 1 aromatic heterocycles. The van der Waals surface area contributed by atoms with Gasteiger partial charge in [-0.25, -0.2) is 4.39 Å². The van der Waals surface area contributed by atoms with Gasteiger partial charge in [-0.1, -0.05) is 11.6 Å². The fourth-order valence-corrected chi connectivity index (χ4v) is 2.35. The van der Waals surface area contributed by atoms with E-state index in [-0.39, 0.29) is 5.02 Å². The molecule has 0 N–H and O–H groups in total. The SMILES string of the molecule is COc1cc(-c2c(C)c(C#N)cn2C)c(F)cc1Cl. The van der Waals surface area contributed by atoms with Crippen LogP contribution in [0.3, 0.4) is 0 Å². The third-order valence-corrected chi connectivity index (χ3v) is 3.35. The molecule has 2 rings (SSSR count). The molecule has 0 aliphatic rings. The Hall–Kier alpha value is -1.99. The van der Waals surface area contributed by atoms with Crippen molar-refractivity contribution >= 4 is 11.6 Å². The van der Waals surface area contributed by atoms with E-state index in [1.165, 1.54) is 13.2 Å². The summed E-state index contributed by atoms with van der Waals surface area (Å²) in [5, 5.41) is 9.23. The summed E-state index contributed by atoms with van der Waals surface area (Å²) in [6.45, 7) is 1.79. The van der Waals surface area contributed by atoms with Gasteiger partial charge >= 0.3 is 0 Å². The predicted molar refractivity (Wildman–Crippen MR) is 71.8 cm³/mol. The van der Waals surface area contributed by atoms with Crippen LogP contribution in [0.15, 0.2) is 18.3 Å². The molecule has 2 aromatic rings. The lowest BCUT2D eigenvalue weighted by molar-refractivity contribution is 0.414. The number of nitriles is 1. The van der Waals surface area contributed by atoms with Crippen molar-refractivity contribution in [2.75, 3.05) is 7.11 Å². The maximum atomic E-state index is 14.1. The number of aryl methyl sites for hydroxylation is 1. The molecular weight excluding hydrogens is 267 g/mol. The molecule has 19 heavy (non-hydrogen) atoms. The van der Waals surface area contributed by atoms with Crippen molar-refractivity contribution in [3.05, 3.63) is 40.3 Å². The first-order chi connectivity index (χ1) is 8.99. The Morgan fingerprint density at radius 2 is 2.11 bits per heavy atom. The van der Waals surface area contributed by atoms with Crippen molar-refractivity contribution in [2.24, 2.45) is 7.05 Å². The summed E-state index contributed by atoms with van der Waals surface area (Å²) in [5.41, 5.74) is 2.26. The maximum absolute atomic E-state index is 14.1. The normalized spacial score (nSPS) is 10.3. The maximum Gasteiger partial charge on any atom is 0.138 e. The average molecular weight is 279 g/mol. The fraction of sp³-hybridized carbons (Fsp3) is 0.214. The minimum absolute atomic E-state index is 0.219. The number of benzene rings is 1.